The Morgan fingerprint density at radius 3 is 2.48 bits per heavy atom. The maximum atomic E-state index is 12.2. The van der Waals surface area contributed by atoms with E-state index < -0.39 is 6.36 Å². The second-order valence-electron chi connectivity index (χ2n) is 6.61. The number of nitrogens with two attached hydrogens (primary N) is 1. The van der Waals surface area contributed by atoms with Crippen molar-refractivity contribution in [2.24, 2.45) is 10.7 Å². The van der Waals surface area contributed by atoms with Crippen molar-refractivity contribution in [3.63, 3.8) is 0 Å². The monoisotopic (exact) mass is 408 g/mol. The molecule has 1 aliphatic heterocycles. The number of ether oxygens (including phenoxy) is 2. The molecule has 2 aromatic rings. The third kappa shape index (κ3) is 7.28. The standard InChI is InChI=1S/C20H23F3N4O2/c21-20(22,23)29-18-6-4-17(5-7-18)26-19(24)25-13-15-2-1-3-16(12-15)14-27-8-10-28-11-9-27/h1-7,12H,8-11,13-14H2,(H3,24,25,26). The molecule has 0 spiro atoms. The predicted octanol–water partition coefficient (Wildman–Crippen LogP) is 3.34. The molecule has 0 bridgehead atoms. The van der Waals surface area contributed by atoms with Crippen molar-refractivity contribution < 1.29 is 22.6 Å². The number of halogens is 3. The highest BCUT2D eigenvalue weighted by Gasteiger charge is 2.30. The van der Waals surface area contributed by atoms with Crippen molar-refractivity contribution in [1.82, 2.24) is 4.90 Å². The van der Waals surface area contributed by atoms with Crippen LogP contribution < -0.4 is 15.8 Å². The molecule has 0 unspecified atom stereocenters. The number of hydrogen-bond acceptors (Lipinski definition) is 4. The summed E-state index contributed by atoms with van der Waals surface area (Å²) in [6.07, 6.45) is -4.72. The molecule has 0 saturated carbocycles. The molecular weight excluding hydrogens is 385 g/mol. The Morgan fingerprint density at radius 1 is 1.10 bits per heavy atom. The molecule has 2 aromatic carbocycles. The van der Waals surface area contributed by atoms with E-state index in [2.05, 4.69) is 32.1 Å². The maximum absolute atomic E-state index is 12.2. The number of benzene rings is 2. The topological polar surface area (TPSA) is 72.1 Å². The molecule has 1 fully saturated rings. The Hall–Kier alpha value is -2.78. The van der Waals surface area contributed by atoms with Crippen LogP contribution in [0.15, 0.2) is 53.5 Å². The number of morpholine rings is 1. The van der Waals surface area contributed by atoms with Crippen molar-refractivity contribution in [3.05, 3.63) is 59.7 Å². The first-order valence-corrected chi connectivity index (χ1v) is 9.18. The molecule has 0 radical (unpaired) electrons. The fourth-order valence-electron chi connectivity index (χ4n) is 2.95. The molecule has 1 heterocycles. The van der Waals surface area contributed by atoms with Gasteiger partial charge >= 0.3 is 6.36 Å². The highest BCUT2D eigenvalue weighted by atomic mass is 19.4. The van der Waals surface area contributed by atoms with Crippen LogP contribution in [0.4, 0.5) is 18.9 Å². The second-order valence-corrected chi connectivity index (χ2v) is 6.61. The summed E-state index contributed by atoms with van der Waals surface area (Å²) in [5.41, 5.74) is 8.62. The number of hydrogen-bond donors (Lipinski definition) is 2. The average molecular weight is 408 g/mol. The smallest absolute Gasteiger partial charge is 0.406 e. The van der Waals surface area contributed by atoms with Gasteiger partial charge in [-0.25, -0.2) is 4.99 Å². The van der Waals surface area contributed by atoms with Crippen LogP contribution in [0.5, 0.6) is 5.75 Å². The molecule has 0 amide bonds. The molecule has 6 nitrogen and oxygen atoms in total. The van der Waals surface area contributed by atoms with Gasteiger partial charge in [-0.05, 0) is 35.4 Å². The number of rotatable bonds is 6. The molecule has 3 rings (SSSR count). The van der Waals surface area contributed by atoms with Gasteiger partial charge in [-0.1, -0.05) is 24.3 Å². The van der Waals surface area contributed by atoms with E-state index in [-0.39, 0.29) is 11.7 Å². The van der Waals surface area contributed by atoms with Crippen molar-refractivity contribution >= 4 is 11.6 Å². The zero-order chi connectivity index (χ0) is 20.7. The number of guanidine groups is 1. The summed E-state index contributed by atoms with van der Waals surface area (Å²) < 4.78 is 45.8. The molecule has 9 heteroatoms. The van der Waals surface area contributed by atoms with E-state index in [1.807, 2.05) is 12.1 Å². The lowest BCUT2D eigenvalue weighted by molar-refractivity contribution is -0.274. The fraction of sp³-hybridized carbons (Fsp3) is 0.350. The van der Waals surface area contributed by atoms with Crippen LogP contribution in [0.1, 0.15) is 11.1 Å². The van der Waals surface area contributed by atoms with Gasteiger partial charge in [-0.15, -0.1) is 13.2 Å². The molecule has 3 N–H and O–H groups in total. The van der Waals surface area contributed by atoms with Gasteiger partial charge in [0.05, 0.1) is 19.8 Å². The van der Waals surface area contributed by atoms with E-state index in [0.717, 1.165) is 38.4 Å². The Morgan fingerprint density at radius 2 is 1.79 bits per heavy atom. The zero-order valence-electron chi connectivity index (χ0n) is 15.8. The van der Waals surface area contributed by atoms with Gasteiger partial charge in [0, 0.05) is 25.3 Å². The second kappa shape index (κ2) is 9.62. The van der Waals surface area contributed by atoms with Crippen LogP contribution in [0.25, 0.3) is 0 Å². The van der Waals surface area contributed by atoms with Crippen LogP contribution in [-0.4, -0.2) is 43.5 Å². The zero-order valence-corrected chi connectivity index (χ0v) is 15.8. The number of nitrogens with zero attached hydrogens (tertiary/aromatic N) is 2. The minimum atomic E-state index is -4.72. The number of alkyl halides is 3. The first-order chi connectivity index (χ1) is 13.9. The first kappa shape index (κ1) is 20.9. The highest BCUT2D eigenvalue weighted by molar-refractivity contribution is 5.92. The van der Waals surface area contributed by atoms with Crippen molar-refractivity contribution in [3.8, 4) is 5.75 Å². The van der Waals surface area contributed by atoms with Gasteiger partial charge in [0.1, 0.15) is 5.75 Å². The van der Waals surface area contributed by atoms with Gasteiger partial charge in [0.15, 0.2) is 5.96 Å². The number of nitrogens with one attached hydrogen (secondary N) is 1. The van der Waals surface area contributed by atoms with Gasteiger partial charge in [0.2, 0.25) is 0 Å². The summed E-state index contributed by atoms with van der Waals surface area (Å²) in [5, 5.41) is 2.85. The Balaban J connectivity index is 1.53. The lowest BCUT2D eigenvalue weighted by Crippen LogP contribution is -2.35. The van der Waals surface area contributed by atoms with E-state index in [1.165, 1.54) is 29.8 Å². The van der Waals surface area contributed by atoms with Crippen molar-refractivity contribution in [2.45, 2.75) is 19.5 Å². The first-order valence-electron chi connectivity index (χ1n) is 9.18. The summed E-state index contributed by atoms with van der Waals surface area (Å²) >= 11 is 0. The summed E-state index contributed by atoms with van der Waals surface area (Å²) in [6.45, 7) is 4.62. The maximum Gasteiger partial charge on any atom is 0.573 e. The molecule has 0 aliphatic carbocycles. The van der Waals surface area contributed by atoms with Crippen LogP contribution in [-0.2, 0) is 17.8 Å². The van der Waals surface area contributed by atoms with E-state index in [1.54, 1.807) is 0 Å². The lowest BCUT2D eigenvalue weighted by Gasteiger charge is -2.26. The van der Waals surface area contributed by atoms with Gasteiger partial charge in [0.25, 0.3) is 0 Å². The third-order valence-electron chi connectivity index (χ3n) is 4.29. The molecule has 1 aliphatic rings. The minimum absolute atomic E-state index is 0.174. The summed E-state index contributed by atoms with van der Waals surface area (Å²) in [4.78, 5) is 6.64. The Labute approximate surface area is 167 Å². The summed E-state index contributed by atoms with van der Waals surface area (Å²) in [6, 6.07) is 13.4. The molecule has 1 saturated heterocycles. The quantitative estimate of drug-likeness (QED) is 0.567. The highest BCUT2D eigenvalue weighted by Crippen LogP contribution is 2.23. The largest absolute Gasteiger partial charge is 0.573 e. The average Bonchev–Trinajstić information content (AvgIpc) is 2.68. The van der Waals surface area contributed by atoms with Crippen LogP contribution >= 0.6 is 0 Å². The Kier molecular flexibility index (Phi) is 6.95. The molecule has 156 valence electrons. The van der Waals surface area contributed by atoms with E-state index in [0.29, 0.717) is 12.2 Å². The molecule has 29 heavy (non-hydrogen) atoms. The predicted molar refractivity (Wildman–Crippen MR) is 105 cm³/mol. The third-order valence-corrected chi connectivity index (χ3v) is 4.29. The number of anilines is 1. The summed E-state index contributed by atoms with van der Waals surface area (Å²) in [7, 11) is 0. The number of aliphatic imine (C=N–C) groups is 1. The SMILES string of the molecule is NC(=NCc1cccc(CN2CCOCC2)c1)Nc1ccc(OC(F)(F)F)cc1. The van der Waals surface area contributed by atoms with Crippen LogP contribution in [0.3, 0.4) is 0 Å². The van der Waals surface area contributed by atoms with Gasteiger partial charge in [-0.3, -0.25) is 4.90 Å². The fourth-order valence-corrected chi connectivity index (χ4v) is 2.95. The van der Waals surface area contributed by atoms with Gasteiger partial charge < -0.3 is 20.5 Å². The minimum Gasteiger partial charge on any atom is -0.406 e. The van der Waals surface area contributed by atoms with Crippen molar-refractivity contribution in [2.75, 3.05) is 31.6 Å². The van der Waals surface area contributed by atoms with E-state index in [9.17, 15) is 13.2 Å². The normalized spacial score (nSPS) is 15.9. The van der Waals surface area contributed by atoms with E-state index in [4.69, 9.17) is 10.5 Å². The van der Waals surface area contributed by atoms with Crippen molar-refractivity contribution in [1.29, 1.82) is 0 Å². The van der Waals surface area contributed by atoms with Gasteiger partial charge in [-0.2, -0.15) is 0 Å². The Bertz CT molecular complexity index is 819. The van der Waals surface area contributed by atoms with Crippen LogP contribution in [0, 0.1) is 0 Å². The van der Waals surface area contributed by atoms with E-state index >= 15 is 0 Å². The summed E-state index contributed by atoms with van der Waals surface area (Å²) in [5.74, 6) is -0.122. The molecule has 0 atom stereocenters. The van der Waals surface area contributed by atoms with Crippen LogP contribution in [0.2, 0.25) is 0 Å². The molecular formula is C20H23F3N4O2. The lowest BCUT2D eigenvalue weighted by atomic mass is 10.1. The molecule has 0 aromatic heterocycles.